The molecule has 0 unspecified atom stereocenters. The van der Waals surface area contributed by atoms with Gasteiger partial charge in [-0.3, -0.25) is 4.68 Å². The molecule has 4 heteroatoms. The minimum atomic E-state index is 0.499. The lowest BCUT2D eigenvalue weighted by atomic mass is 10.1. The second kappa shape index (κ2) is 6.62. The van der Waals surface area contributed by atoms with Crippen LogP contribution in [0.25, 0.3) is 0 Å². The summed E-state index contributed by atoms with van der Waals surface area (Å²) < 4.78 is 2.54. The van der Waals surface area contributed by atoms with Gasteiger partial charge >= 0.3 is 0 Å². The maximum atomic E-state index is 4.37. The SMILES string of the molecule is CCCn1cc(CNCC2(SC)CCCC2)cn1. The van der Waals surface area contributed by atoms with Crippen molar-refractivity contribution in [3.8, 4) is 0 Å². The van der Waals surface area contributed by atoms with Crippen molar-refractivity contribution in [3.63, 3.8) is 0 Å². The topological polar surface area (TPSA) is 29.9 Å². The first-order valence-electron chi connectivity index (χ1n) is 7.05. The molecule has 0 bridgehead atoms. The zero-order valence-electron chi connectivity index (χ0n) is 11.6. The molecule has 1 N–H and O–H groups in total. The number of nitrogens with one attached hydrogen (secondary N) is 1. The van der Waals surface area contributed by atoms with Gasteiger partial charge in [-0.15, -0.1) is 0 Å². The Hall–Kier alpha value is -0.480. The first-order valence-corrected chi connectivity index (χ1v) is 8.28. The van der Waals surface area contributed by atoms with E-state index in [0.717, 1.165) is 26.1 Å². The van der Waals surface area contributed by atoms with Crippen molar-refractivity contribution in [2.45, 2.75) is 56.9 Å². The maximum absolute atomic E-state index is 4.37. The largest absolute Gasteiger partial charge is 0.311 e. The van der Waals surface area contributed by atoms with Crippen LogP contribution >= 0.6 is 11.8 Å². The molecule has 2 rings (SSSR count). The molecule has 0 spiro atoms. The Balaban J connectivity index is 1.76. The fourth-order valence-electron chi connectivity index (χ4n) is 2.76. The van der Waals surface area contributed by atoms with E-state index < -0.39 is 0 Å². The van der Waals surface area contributed by atoms with E-state index in [2.05, 4.69) is 29.8 Å². The Morgan fingerprint density at radius 2 is 2.22 bits per heavy atom. The zero-order valence-corrected chi connectivity index (χ0v) is 12.4. The first kappa shape index (κ1) is 13.9. The quantitative estimate of drug-likeness (QED) is 0.823. The lowest BCUT2D eigenvalue weighted by Gasteiger charge is -2.26. The summed E-state index contributed by atoms with van der Waals surface area (Å²) in [5.74, 6) is 0. The van der Waals surface area contributed by atoms with Crippen molar-refractivity contribution in [1.82, 2.24) is 15.1 Å². The molecule has 1 aromatic heterocycles. The van der Waals surface area contributed by atoms with Crippen LogP contribution in [0.4, 0.5) is 0 Å². The Bertz CT molecular complexity index is 356. The van der Waals surface area contributed by atoms with Crippen LogP contribution < -0.4 is 5.32 Å². The van der Waals surface area contributed by atoms with Gasteiger partial charge in [0.25, 0.3) is 0 Å². The standard InChI is InChI=1S/C14H25N3S/c1-3-8-17-11-13(10-16-17)9-15-12-14(18-2)6-4-5-7-14/h10-11,15H,3-9,12H2,1-2H3. The summed E-state index contributed by atoms with van der Waals surface area (Å²) in [5.41, 5.74) is 1.30. The molecule has 1 aliphatic rings. The highest BCUT2D eigenvalue weighted by Gasteiger charge is 2.32. The molecule has 0 saturated heterocycles. The van der Waals surface area contributed by atoms with Crippen LogP contribution in [-0.4, -0.2) is 27.3 Å². The van der Waals surface area contributed by atoms with Crippen LogP contribution in [-0.2, 0) is 13.1 Å². The van der Waals surface area contributed by atoms with Crippen LogP contribution in [0, 0.1) is 0 Å². The molecule has 0 amide bonds. The van der Waals surface area contributed by atoms with E-state index in [1.807, 2.05) is 22.6 Å². The smallest absolute Gasteiger partial charge is 0.0534 e. The second-order valence-electron chi connectivity index (χ2n) is 5.31. The highest BCUT2D eigenvalue weighted by atomic mass is 32.2. The van der Waals surface area contributed by atoms with Crippen LogP contribution in [0.1, 0.15) is 44.6 Å². The molecule has 3 nitrogen and oxygen atoms in total. The van der Waals surface area contributed by atoms with Crippen molar-refractivity contribution in [2.24, 2.45) is 0 Å². The predicted molar refractivity (Wildman–Crippen MR) is 78.9 cm³/mol. The summed E-state index contributed by atoms with van der Waals surface area (Å²) in [6, 6.07) is 0. The fourth-order valence-corrected chi connectivity index (χ4v) is 3.70. The number of thioether (sulfide) groups is 1. The van der Waals surface area contributed by atoms with Gasteiger partial charge < -0.3 is 5.32 Å². The molecule has 1 saturated carbocycles. The van der Waals surface area contributed by atoms with Gasteiger partial charge in [-0.05, 0) is 25.5 Å². The van der Waals surface area contributed by atoms with E-state index in [0.29, 0.717) is 4.75 Å². The molecule has 1 aliphatic carbocycles. The highest BCUT2D eigenvalue weighted by Crippen LogP contribution is 2.39. The monoisotopic (exact) mass is 267 g/mol. The van der Waals surface area contributed by atoms with E-state index in [9.17, 15) is 0 Å². The van der Waals surface area contributed by atoms with Gasteiger partial charge in [-0.2, -0.15) is 16.9 Å². The first-order chi connectivity index (χ1) is 8.78. The van der Waals surface area contributed by atoms with Gasteiger partial charge in [0.15, 0.2) is 0 Å². The van der Waals surface area contributed by atoms with Crippen molar-refractivity contribution < 1.29 is 0 Å². The summed E-state index contributed by atoms with van der Waals surface area (Å²) in [5, 5.41) is 7.98. The Morgan fingerprint density at radius 3 is 2.89 bits per heavy atom. The second-order valence-corrected chi connectivity index (χ2v) is 6.58. The lowest BCUT2D eigenvalue weighted by molar-refractivity contribution is 0.533. The lowest BCUT2D eigenvalue weighted by Crippen LogP contribution is -2.34. The normalized spacial score (nSPS) is 18.3. The van der Waals surface area contributed by atoms with E-state index in [1.54, 1.807) is 0 Å². The number of rotatable bonds is 7. The third-order valence-corrected chi connectivity index (χ3v) is 5.28. The number of aromatic nitrogens is 2. The van der Waals surface area contributed by atoms with Crippen LogP contribution in [0.2, 0.25) is 0 Å². The maximum Gasteiger partial charge on any atom is 0.0534 e. The summed E-state index contributed by atoms with van der Waals surface area (Å²) in [6.45, 7) is 5.29. The van der Waals surface area contributed by atoms with Crippen molar-refractivity contribution in [1.29, 1.82) is 0 Å². The van der Waals surface area contributed by atoms with Crippen LogP contribution in [0.5, 0.6) is 0 Å². The molecule has 0 atom stereocenters. The summed E-state index contributed by atoms with van der Waals surface area (Å²) in [7, 11) is 0. The van der Waals surface area contributed by atoms with Gasteiger partial charge in [-0.25, -0.2) is 0 Å². The van der Waals surface area contributed by atoms with Crippen molar-refractivity contribution in [3.05, 3.63) is 18.0 Å². The van der Waals surface area contributed by atoms with Gasteiger partial charge in [0.1, 0.15) is 0 Å². The minimum absolute atomic E-state index is 0.499. The average Bonchev–Trinajstić information content (AvgIpc) is 3.00. The highest BCUT2D eigenvalue weighted by molar-refractivity contribution is 8.00. The molecule has 0 radical (unpaired) electrons. The van der Waals surface area contributed by atoms with Gasteiger partial charge in [0.2, 0.25) is 0 Å². The van der Waals surface area contributed by atoms with Gasteiger partial charge in [0.05, 0.1) is 6.20 Å². The number of hydrogen-bond acceptors (Lipinski definition) is 3. The average molecular weight is 267 g/mol. The van der Waals surface area contributed by atoms with E-state index in [1.165, 1.54) is 31.2 Å². The van der Waals surface area contributed by atoms with Crippen molar-refractivity contribution in [2.75, 3.05) is 12.8 Å². The molecule has 1 heterocycles. The van der Waals surface area contributed by atoms with E-state index in [-0.39, 0.29) is 0 Å². The number of nitrogens with zero attached hydrogens (tertiary/aromatic N) is 2. The minimum Gasteiger partial charge on any atom is -0.311 e. The Kier molecular flexibility index (Phi) is 5.13. The summed E-state index contributed by atoms with van der Waals surface area (Å²) in [4.78, 5) is 0. The molecule has 1 fully saturated rings. The summed E-state index contributed by atoms with van der Waals surface area (Å²) in [6.07, 6.45) is 13.1. The third-order valence-electron chi connectivity index (χ3n) is 3.86. The van der Waals surface area contributed by atoms with Crippen molar-refractivity contribution >= 4 is 11.8 Å². The Labute approximate surface area is 115 Å². The molecule has 1 aromatic rings. The van der Waals surface area contributed by atoms with Crippen LogP contribution in [0.15, 0.2) is 12.4 Å². The number of aryl methyl sites for hydroxylation is 1. The van der Waals surface area contributed by atoms with Crippen LogP contribution in [0.3, 0.4) is 0 Å². The number of hydrogen-bond donors (Lipinski definition) is 1. The molecule has 18 heavy (non-hydrogen) atoms. The molecule has 0 aromatic carbocycles. The van der Waals surface area contributed by atoms with Gasteiger partial charge in [-0.1, -0.05) is 19.8 Å². The molecular weight excluding hydrogens is 242 g/mol. The van der Waals surface area contributed by atoms with E-state index in [4.69, 9.17) is 0 Å². The molecular formula is C14H25N3S. The zero-order chi connectivity index (χ0) is 12.8. The third kappa shape index (κ3) is 3.51. The fraction of sp³-hybridized carbons (Fsp3) is 0.786. The summed E-state index contributed by atoms with van der Waals surface area (Å²) >= 11 is 2.05. The molecule has 0 aliphatic heterocycles. The molecule has 102 valence electrons. The predicted octanol–water partition coefficient (Wildman–Crippen LogP) is 3.06. The van der Waals surface area contributed by atoms with Gasteiger partial charge in [0, 0.05) is 36.1 Å². The van der Waals surface area contributed by atoms with E-state index >= 15 is 0 Å². The Morgan fingerprint density at radius 1 is 1.44 bits per heavy atom.